The minimum Gasteiger partial charge on any atom is -0.431 e. The number of rotatable bonds is 5. The Morgan fingerprint density at radius 2 is 2.07 bits per heavy atom. The Balaban J connectivity index is 2.01. The van der Waals surface area contributed by atoms with Crippen LogP contribution in [0.3, 0.4) is 0 Å². The molecule has 1 saturated carbocycles. The van der Waals surface area contributed by atoms with Crippen molar-refractivity contribution in [2.75, 3.05) is 0 Å². The second-order valence-electron chi connectivity index (χ2n) is 4.05. The summed E-state index contributed by atoms with van der Waals surface area (Å²) < 4.78 is 10.0. The van der Waals surface area contributed by atoms with Gasteiger partial charge in [0.2, 0.25) is 0 Å². The number of unbranched alkanes of at least 4 members (excludes halogenated alkanes) is 2. The van der Waals surface area contributed by atoms with Crippen molar-refractivity contribution in [2.45, 2.75) is 64.4 Å². The maximum absolute atomic E-state index is 11.2. The quantitative estimate of drug-likeness (QED) is 0.514. The van der Waals surface area contributed by atoms with Crippen molar-refractivity contribution >= 4 is 6.16 Å². The first-order valence-corrected chi connectivity index (χ1v) is 6.02. The molecule has 0 atom stereocenters. The van der Waals surface area contributed by atoms with Crippen LogP contribution in [-0.2, 0) is 9.47 Å². The normalized spacial score (nSPS) is 17.4. The van der Waals surface area contributed by atoms with Gasteiger partial charge in [-0.15, -0.1) is 0 Å². The van der Waals surface area contributed by atoms with Crippen molar-refractivity contribution in [3.8, 4) is 0 Å². The van der Waals surface area contributed by atoms with E-state index in [4.69, 9.17) is 9.47 Å². The van der Waals surface area contributed by atoms with Gasteiger partial charge in [-0.25, -0.2) is 4.79 Å². The van der Waals surface area contributed by atoms with Gasteiger partial charge in [0.1, 0.15) is 12.7 Å². The Morgan fingerprint density at radius 3 is 2.73 bits per heavy atom. The zero-order valence-corrected chi connectivity index (χ0v) is 9.54. The van der Waals surface area contributed by atoms with E-state index in [1.54, 1.807) is 6.61 Å². The van der Waals surface area contributed by atoms with Gasteiger partial charge in [-0.05, 0) is 38.5 Å². The second kappa shape index (κ2) is 7.55. The molecular formula is C12H21O3. The molecule has 0 spiro atoms. The van der Waals surface area contributed by atoms with E-state index in [1.807, 2.05) is 0 Å². The van der Waals surface area contributed by atoms with E-state index < -0.39 is 6.16 Å². The molecule has 0 N–H and O–H groups in total. The molecule has 3 heteroatoms. The van der Waals surface area contributed by atoms with Gasteiger partial charge in [0.05, 0.1) is 0 Å². The predicted molar refractivity (Wildman–Crippen MR) is 58.3 cm³/mol. The van der Waals surface area contributed by atoms with E-state index in [0.29, 0.717) is 0 Å². The summed E-state index contributed by atoms with van der Waals surface area (Å²) in [5.74, 6) is 0. The fourth-order valence-electron chi connectivity index (χ4n) is 1.76. The van der Waals surface area contributed by atoms with Crippen LogP contribution < -0.4 is 0 Å². The van der Waals surface area contributed by atoms with Gasteiger partial charge in [0, 0.05) is 0 Å². The molecular weight excluding hydrogens is 192 g/mol. The fourth-order valence-corrected chi connectivity index (χ4v) is 1.76. The predicted octanol–water partition coefficient (Wildman–Crippen LogP) is 3.82. The molecule has 0 heterocycles. The summed E-state index contributed by atoms with van der Waals surface area (Å²) in [5.41, 5.74) is 0. The molecule has 87 valence electrons. The third-order valence-electron chi connectivity index (χ3n) is 2.67. The molecule has 0 unspecified atom stereocenters. The maximum atomic E-state index is 11.2. The van der Waals surface area contributed by atoms with Crippen molar-refractivity contribution in [1.29, 1.82) is 0 Å². The molecule has 1 rings (SSSR count). The molecule has 0 bridgehead atoms. The molecule has 1 aliphatic carbocycles. The van der Waals surface area contributed by atoms with Crippen LogP contribution in [0.2, 0.25) is 0 Å². The molecule has 15 heavy (non-hydrogen) atoms. The van der Waals surface area contributed by atoms with E-state index in [2.05, 4.69) is 6.92 Å². The third kappa shape index (κ3) is 5.65. The lowest BCUT2D eigenvalue weighted by Gasteiger charge is -2.21. The van der Waals surface area contributed by atoms with Crippen molar-refractivity contribution in [1.82, 2.24) is 0 Å². The highest BCUT2D eigenvalue weighted by Gasteiger charge is 2.18. The lowest BCUT2D eigenvalue weighted by Crippen LogP contribution is -2.21. The van der Waals surface area contributed by atoms with Gasteiger partial charge in [0.25, 0.3) is 0 Å². The van der Waals surface area contributed by atoms with Gasteiger partial charge in [-0.1, -0.05) is 19.8 Å². The summed E-state index contributed by atoms with van der Waals surface area (Å²) in [5, 5.41) is 0. The van der Waals surface area contributed by atoms with Crippen molar-refractivity contribution < 1.29 is 14.3 Å². The Bertz CT molecular complexity index is 174. The van der Waals surface area contributed by atoms with Crippen LogP contribution in [0.4, 0.5) is 4.79 Å². The van der Waals surface area contributed by atoms with Crippen molar-refractivity contribution in [2.24, 2.45) is 0 Å². The number of ether oxygens (including phenoxy) is 2. The van der Waals surface area contributed by atoms with Crippen LogP contribution >= 0.6 is 0 Å². The average molecular weight is 213 g/mol. The third-order valence-corrected chi connectivity index (χ3v) is 2.67. The summed E-state index contributed by atoms with van der Waals surface area (Å²) in [4.78, 5) is 11.2. The highest BCUT2D eigenvalue weighted by Crippen LogP contribution is 2.20. The highest BCUT2D eigenvalue weighted by molar-refractivity contribution is 5.60. The minimum absolute atomic E-state index is 0.0887. The van der Waals surface area contributed by atoms with E-state index in [0.717, 1.165) is 44.9 Å². The Labute approximate surface area is 92.1 Å². The molecule has 0 aromatic rings. The van der Waals surface area contributed by atoms with Crippen LogP contribution in [0.15, 0.2) is 0 Å². The van der Waals surface area contributed by atoms with Crippen LogP contribution in [0.5, 0.6) is 0 Å². The van der Waals surface area contributed by atoms with Crippen LogP contribution in [-0.4, -0.2) is 12.3 Å². The molecule has 1 radical (unpaired) electrons. The van der Waals surface area contributed by atoms with E-state index >= 15 is 0 Å². The molecule has 0 aliphatic heterocycles. The molecule has 0 saturated heterocycles. The van der Waals surface area contributed by atoms with E-state index in [1.165, 1.54) is 6.42 Å². The summed E-state index contributed by atoms with van der Waals surface area (Å²) in [6.07, 6.45) is 8.11. The number of carbonyl (C=O) groups excluding carboxylic acids is 1. The lowest BCUT2D eigenvalue weighted by molar-refractivity contribution is 0.0229. The van der Waals surface area contributed by atoms with E-state index in [-0.39, 0.29) is 6.10 Å². The van der Waals surface area contributed by atoms with Crippen molar-refractivity contribution in [3.63, 3.8) is 0 Å². The topological polar surface area (TPSA) is 35.5 Å². The highest BCUT2D eigenvalue weighted by atomic mass is 16.7. The smallest absolute Gasteiger partial charge is 0.431 e. The molecule has 1 aliphatic rings. The summed E-state index contributed by atoms with van der Waals surface area (Å²) in [7, 11) is 0. The zero-order chi connectivity index (χ0) is 10.9. The molecule has 3 nitrogen and oxygen atoms in total. The van der Waals surface area contributed by atoms with Gasteiger partial charge in [-0.2, -0.15) is 0 Å². The molecule has 0 amide bonds. The first kappa shape index (κ1) is 12.3. The second-order valence-corrected chi connectivity index (χ2v) is 4.05. The number of carbonyl (C=O) groups is 1. The first-order chi connectivity index (χ1) is 7.33. The van der Waals surface area contributed by atoms with Gasteiger partial charge in [-0.3, -0.25) is 0 Å². The summed E-state index contributed by atoms with van der Waals surface area (Å²) in [6.45, 7) is 3.66. The maximum Gasteiger partial charge on any atom is 0.508 e. The zero-order valence-electron chi connectivity index (χ0n) is 9.54. The van der Waals surface area contributed by atoms with E-state index in [9.17, 15) is 4.79 Å². The molecule has 1 fully saturated rings. The van der Waals surface area contributed by atoms with Crippen LogP contribution in [0.1, 0.15) is 58.3 Å². The standard InChI is InChI=1S/C12H21O3/c1-2-3-7-10-14-12(13)15-11-8-5-4-6-9-11/h10-11H,2-9H2,1H3. The van der Waals surface area contributed by atoms with Crippen LogP contribution in [0, 0.1) is 6.61 Å². The monoisotopic (exact) mass is 213 g/mol. The summed E-state index contributed by atoms with van der Waals surface area (Å²) >= 11 is 0. The number of hydrogen-bond donors (Lipinski definition) is 0. The SMILES string of the molecule is CCCC[CH]OC(=O)OC1CCCCC1. The molecule has 0 aromatic carbocycles. The van der Waals surface area contributed by atoms with Gasteiger partial charge in [0.15, 0.2) is 0 Å². The lowest BCUT2D eigenvalue weighted by atomic mass is 9.98. The van der Waals surface area contributed by atoms with Crippen molar-refractivity contribution in [3.05, 3.63) is 6.61 Å². The van der Waals surface area contributed by atoms with Crippen LogP contribution in [0.25, 0.3) is 0 Å². The minimum atomic E-state index is -0.530. The largest absolute Gasteiger partial charge is 0.508 e. The summed E-state index contributed by atoms with van der Waals surface area (Å²) in [6, 6.07) is 0. The number of hydrogen-bond acceptors (Lipinski definition) is 3. The Hall–Kier alpha value is -0.730. The molecule has 0 aromatic heterocycles. The first-order valence-electron chi connectivity index (χ1n) is 6.02. The Kier molecular flexibility index (Phi) is 6.21. The van der Waals surface area contributed by atoms with Gasteiger partial charge < -0.3 is 9.47 Å². The fraction of sp³-hybridized carbons (Fsp3) is 0.833. The Morgan fingerprint density at radius 1 is 1.33 bits per heavy atom. The average Bonchev–Trinajstić information content (AvgIpc) is 2.26. The van der Waals surface area contributed by atoms with Gasteiger partial charge >= 0.3 is 6.16 Å².